The Labute approximate surface area is 96.3 Å². The van der Waals surface area contributed by atoms with Crippen LogP contribution in [0.5, 0.6) is 0 Å². The first-order chi connectivity index (χ1) is 7.88. The van der Waals surface area contributed by atoms with Gasteiger partial charge in [-0.15, -0.1) is 0 Å². The number of hydrogen-bond acceptors (Lipinski definition) is 3. The number of ether oxygens (including phenoxy) is 1. The summed E-state index contributed by atoms with van der Waals surface area (Å²) in [4.78, 5) is 0. The molecule has 0 aromatic carbocycles. The Morgan fingerprint density at radius 3 is 3.19 bits per heavy atom. The van der Waals surface area contributed by atoms with Crippen molar-refractivity contribution in [3.05, 3.63) is 24.5 Å². The molecule has 88 valence electrons. The molecule has 0 amide bonds. The molecule has 1 aromatic heterocycles. The second kappa shape index (κ2) is 5.82. The molecule has 1 fully saturated rings. The maximum atomic E-state index is 5.52. The summed E-state index contributed by atoms with van der Waals surface area (Å²) in [6.45, 7) is 7.11. The summed E-state index contributed by atoms with van der Waals surface area (Å²) in [5.41, 5.74) is 1.17. The molecule has 0 aliphatic heterocycles. The van der Waals surface area contributed by atoms with Gasteiger partial charge < -0.3 is 10.1 Å². The lowest BCUT2D eigenvalue weighted by Crippen LogP contribution is -2.19. The van der Waals surface area contributed by atoms with Crippen molar-refractivity contribution in [3.8, 4) is 0 Å². The van der Waals surface area contributed by atoms with E-state index in [-0.39, 0.29) is 0 Å². The maximum Gasteiger partial charge on any atom is 0.0591 e. The van der Waals surface area contributed by atoms with Gasteiger partial charge in [0.05, 0.1) is 12.8 Å². The molecule has 1 N–H and O–H groups in total. The van der Waals surface area contributed by atoms with Crippen LogP contribution in [-0.4, -0.2) is 29.5 Å². The average molecular weight is 221 g/mol. The van der Waals surface area contributed by atoms with Gasteiger partial charge in [-0.3, -0.25) is 0 Å². The highest BCUT2D eigenvalue weighted by Crippen LogP contribution is 2.28. The monoisotopic (exact) mass is 221 g/mol. The van der Waals surface area contributed by atoms with Gasteiger partial charge in [0.2, 0.25) is 0 Å². The predicted octanol–water partition coefficient (Wildman–Crippen LogP) is 1.50. The van der Waals surface area contributed by atoms with Gasteiger partial charge in [-0.05, 0) is 18.8 Å². The summed E-state index contributed by atoms with van der Waals surface area (Å²) in [7, 11) is 0. The molecule has 16 heavy (non-hydrogen) atoms. The fourth-order valence-electron chi connectivity index (χ4n) is 1.48. The van der Waals surface area contributed by atoms with Crippen LogP contribution in [0.4, 0.5) is 0 Å². The van der Waals surface area contributed by atoms with Gasteiger partial charge in [0.1, 0.15) is 0 Å². The van der Waals surface area contributed by atoms with E-state index in [0.717, 1.165) is 32.2 Å². The van der Waals surface area contributed by atoms with E-state index in [4.69, 9.17) is 4.74 Å². The first kappa shape index (κ1) is 11.4. The second-order valence-corrected chi connectivity index (χ2v) is 4.21. The number of rotatable bonds is 8. The van der Waals surface area contributed by atoms with E-state index in [1.54, 1.807) is 10.9 Å². The van der Waals surface area contributed by atoms with E-state index in [2.05, 4.69) is 17.0 Å². The van der Waals surface area contributed by atoms with Crippen molar-refractivity contribution in [1.29, 1.82) is 0 Å². The second-order valence-electron chi connectivity index (χ2n) is 4.21. The molecule has 1 aromatic rings. The summed E-state index contributed by atoms with van der Waals surface area (Å²) >= 11 is 0. The Morgan fingerprint density at radius 2 is 2.50 bits per heavy atom. The molecule has 0 radical (unpaired) electrons. The van der Waals surface area contributed by atoms with Gasteiger partial charge in [-0.1, -0.05) is 6.58 Å². The smallest absolute Gasteiger partial charge is 0.0591 e. The minimum absolute atomic E-state index is 0.798. The first-order valence-electron chi connectivity index (χ1n) is 5.82. The quantitative estimate of drug-likeness (QED) is 0.676. The van der Waals surface area contributed by atoms with Crippen molar-refractivity contribution in [3.63, 3.8) is 0 Å². The van der Waals surface area contributed by atoms with E-state index in [0.29, 0.717) is 0 Å². The summed E-state index contributed by atoms with van der Waals surface area (Å²) in [6.07, 6.45) is 8.20. The molecule has 0 bridgehead atoms. The molecule has 4 nitrogen and oxygen atoms in total. The molecule has 1 aliphatic carbocycles. The number of nitrogens with zero attached hydrogens (tertiary/aromatic N) is 2. The summed E-state index contributed by atoms with van der Waals surface area (Å²) in [5, 5.41) is 7.43. The van der Waals surface area contributed by atoms with Gasteiger partial charge in [0.15, 0.2) is 0 Å². The van der Waals surface area contributed by atoms with Crippen LogP contribution in [0.25, 0.3) is 6.20 Å². The highest BCUT2D eigenvalue weighted by molar-refractivity contribution is 5.17. The van der Waals surface area contributed by atoms with Crippen molar-refractivity contribution in [2.75, 3.05) is 19.8 Å². The third-order valence-corrected chi connectivity index (χ3v) is 2.64. The van der Waals surface area contributed by atoms with Gasteiger partial charge >= 0.3 is 0 Å². The summed E-state index contributed by atoms with van der Waals surface area (Å²) < 4.78 is 7.23. The third-order valence-electron chi connectivity index (χ3n) is 2.64. The first-order valence-corrected chi connectivity index (χ1v) is 5.82. The molecule has 0 unspecified atom stereocenters. The van der Waals surface area contributed by atoms with Crippen LogP contribution in [-0.2, 0) is 11.3 Å². The van der Waals surface area contributed by atoms with Crippen LogP contribution < -0.4 is 5.32 Å². The fourth-order valence-corrected chi connectivity index (χ4v) is 1.48. The van der Waals surface area contributed by atoms with Gasteiger partial charge in [0, 0.05) is 37.7 Å². The molecule has 1 saturated carbocycles. The SMILES string of the molecule is C=Cn1cc(CNCCOCC2CC2)cn1. The predicted molar refractivity (Wildman–Crippen MR) is 63.9 cm³/mol. The Balaban J connectivity index is 1.51. The highest BCUT2D eigenvalue weighted by atomic mass is 16.5. The van der Waals surface area contributed by atoms with E-state index < -0.39 is 0 Å². The van der Waals surface area contributed by atoms with Crippen LogP contribution in [0.1, 0.15) is 18.4 Å². The molecular formula is C12H19N3O. The number of aromatic nitrogens is 2. The molecule has 4 heteroatoms. The lowest BCUT2D eigenvalue weighted by molar-refractivity contribution is 0.126. The van der Waals surface area contributed by atoms with Crippen LogP contribution in [0.2, 0.25) is 0 Å². The highest BCUT2D eigenvalue weighted by Gasteiger charge is 2.20. The molecule has 2 rings (SSSR count). The Hall–Kier alpha value is -1.13. The molecule has 1 aliphatic rings. The minimum Gasteiger partial charge on any atom is -0.380 e. The van der Waals surface area contributed by atoms with Gasteiger partial charge in [-0.2, -0.15) is 5.10 Å². The fraction of sp³-hybridized carbons (Fsp3) is 0.583. The van der Waals surface area contributed by atoms with E-state index >= 15 is 0 Å². The van der Waals surface area contributed by atoms with Crippen molar-refractivity contribution in [2.45, 2.75) is 19.4 Å². The summed E-state index contributed by atoms with van der Waals surface area (Å²) in [5.74, 6) is 0.853. The molecule has 0 atom stereocenters. The lowest BCUT2D eigenvalue weighted by atomic mass is 10.3. The van der Waals surface area contributed by atoms with Crippen LogP contribution in [0.15, 0.2) is 19.0 Å². The largest absolute Gasteiger partial charge is 0.380 e. The van der Waals surface area contributed by atoms with Crippen molar-refractivity contribution < 1.29 is 4.74 Å². The normalized spacial score (nSPS) is 15.2. The van der Waals surface area contributed by atoms with Crippen LogP contribution >= 0.6 is 0 Å². The maximum absolute atomic E-state index is 5.52. The number of nitrogens with one attached hydrogen (secondary N) is 1. The lowest BCUT2D eigenvalue weighted by Gasteiger charge is -2.04. The van der Waals surface area contributed by atoms with Gasteiger partial charge in [-0.25, -0.2) is 4.68 Å². The molecular weight excluding hydrogens is 202 g/mol. The van der Waals surface area contributed by atoms with E-state index in [1.165, 1.54) is 18.4 Å². The zero-order valence-corrected chi connectivity index (χ0v) is 9.56. The topological polar surface area (TPSA) is 39.1 Å². The van der Waals surface area contributed by atoms with Crippen LogP contribution in [0, 0.1) is 5.92 Å². The van der Waals surface area contributed by atoms with Crippen molar-refractivity contribution in [2.24, 2.45) is 5.92 Å². The molecule has 1 heterocycles. The van der Waals surface area contributed by atoms with E-state index in [1.807, 2.05) is 12.4 Å². The summed E-state index contributed by atoms with van der Waals surface area (Å²) in [6, 6.07) is 0. The zero-order valence-electron chi connectivity index (χ0n) is 9.56. The average Bonchev–Trinajstić information content (AvgIpc) is 3.01. The van der Waals surface area contributed by atoms with Gasteiger partial charge in [0.25, 0.3) is 0 Å². The zero-order chi connectivity index (χ0) is 11.2. The standard InChI is InChI=1S/C12H19N3O/c1-2-15-9-12(8-14-15)7-13-5-6-16-10-11-3-4-11/h2,8-9,11,13H,1,3-7,10H2. The van der Waals surface area contributed by atoms with Crippen molar-refractivity contribution >= 4 is 6.20 Å². The molecule has 0 saturated heterocycles. The van der Waals surface area contributed by atoms with Crippen molar-refractivity contribution in [1.82, 2.24) is 15.1 Å². The van der Waals surface area contributed by atoms with Crippen LogP contribution in [0.3, 0.4) is 0 Å². The molecule has 0 spiro atoms. The Bertz CT molecular complexity index is 331. The van der Waals surface area contributed by atoms with E-state index in [9.17, 15) is 0 Å². The third kappa shape index (κ3) is 3.79. The number of hydrogen-bond donors (Lipinski definition) is 1. The minimum atomic E-state index is 0.798. The Kier molecular flexibility index (Phi) is 4.13. The Morgan fingerprint density at radius 1 is 1.62 bits per heavy atom.